The molecule has 4 atom stereocenters. The van der Waals surface area contributed by atoms with Gasteiger partial charge in [0, 0.05) is 24.7 Å². The van der Waals surface area contributed by atoms with Gasteiger partial charge in [0.25, 0.3) is 0 Å². The molecule has 0 spiro atoms. The first kappa shape index (κ1) is 12.8. The van der Waals surface area contributed by atoms with Crippen LogP contribution in [0.3, 0.4) is 0 Å². The summed E-state index contributed by atoms with van der Waals surface area (Å²) in [6, 6.07) is 0.359. The number of carboxylic acids is 1. The molecule has 2 saturated carbocycles. The monoisotopic (exact) mass is 283 g/mol. The van der Waals surface area contributed by atoms with Gasteiger partial charge in [-0.25, -0.2) is 4.98 Å². The largest absolute Gasteiger partial charge is 0.481 e. The third kappa shape index (κ3) is 2.44. The van der Waals surface area contributed by atoms with Crippen molar-refractivity contribution < 1.29 is 14.6 Å². The van der Waals surface area contributed by atoms with Crippen LogP contribution in [0.2, 0.25) is 0 Å². The summed E-state index contributed by atoms with van der Waals surface area (Å²) in [4.78, 5) is 15.4. The number of hydrogen-bond donors (Lipinski definition) is 2. The van der Waals surface area contributed by atoms with Crippen molar-refractivity contribution in [1.29, 1.82) is 0 Å². The van der Waals surface area contributed by atoms with Crippen LogP contribution in [0, 0.1) is 17.8 Å². The van der Waals surface area contributed by atoms with Gasteiger partial charge in [-0.15, -0.1) is 0 Å². The van der Waals surface area contributed by atoms with E-state index in [2.05, 4.69) is 14.7 Å². The minimum atomic E-state index is -0.647. The predicted octanol–water partition coefficient (Wildman–Crippen LogP) is 1.60. The van der Waals surface area contributed by atoms with Crippen LogP contribution in [0.5, 0.6) is 0 Å². The molecule has 0 radical (unpaired) electrons. The molecule has 0 amide bonds. The molecule has 6 nitrogen and oxygen atoms in total. The van der Waals surface area contributed by atoms with Crippen LogP contribution in [0.4, 0.5) is 5.13 Å². The number of nitrogens with one attached hydrogen (secondary N) is 1. The summed E-state index contributed by atoms with van der Waals surface area (Å²) < 4.78 is 9.18. The maximum Gasteiger partial charge on any atom is 0.306 e. The number of anilines is 1. The van der Waals surface area contributed by atoms with Crippen molar-refractivity contribution in [2.45, 2.75) is 31.9 Å². The normalized spacial score (nSPS) is 32.7. The Hall–Kier alpha value is -1.21. The average Bonchev–Trinajstić information content (AvgIpc) is 2.91. The van der Waals surface area contributed by atoms with Gasteiger partial charge in [0.05, 0.1) is 5.92 Å². The number of nitrogens with zero attached hydrogens (tertiary/aromatic N) is 2. The van der Waals surface area contributed by atoms with Crippen LogP contribution < -0.4 is 5.32 Å². The first-order valence-corrected chi connectivity index (χ1v) is 7.25. The SMILES string of the molecule is COCc1nsc(N[C@@H]2C[C@@H]3CC(C(=O)O)C[C@@H]32)n1. The van der Waals surface area contributed by atoms with Gasteiger partial charge in [0.1, 0.15) is 6.61 Å². The molecule has 2 N–H and O–H groups in total. The summed E-state index contributed by atoms with van der Waals surface area (Å²) in [5, 5.41) is 13.3. The number of carbonyl (C=O) groups is 1. The maximum atomic E-state index is 11.0. The molecule has 3 rings (SSSR count). The van der Waals surface area contributed by atoms with E-state index in [0.29, 0.717) is 30.3 Å². The number of fused-ring (bicyclic) bond motifs is 1. The Labute approximate surface area is 115 Å². The lowest BCUT2D eigenvalue weighted by Gasteiger charge is -2.40. The van der Waals surface area contributed by atoms with Crippen LogP contribution >= 0.6 is 11.5 Å². The Morgan fingerprint density at radius 2 is 2.37 bits per heavy atom. The molecular formula is C12H17N3O3S. The highest BCUT2D eigenvalue weighted by Crippen LogP contribution is 2.50. The number of rotatable bonds is 5. The summed E-state index contributed by atoms with van der Waals surface area (Å²) in [5.74, 6) is 0.952. The highest BCUT2D eigenvalue weighted by Gasteiger charge is 2.49. The zero-order valence-electron chi connectivity index (χ0n) is 10.7. The molecule has 2 fully saturated rings. The van der Waals surface area contributed by atoms with E-state index >= 15 is 0 Å². The fraction of sp³-hybridized carbons (Fsp3) is 0.750. The number of carboxylic acid groups (broad SMARTS) is 1. The molecule has 1 aromatic heterocycles. The van der Waals surface area contributed by atoms with Crippen LogP contribution in [0.15, 0.2) is 0 Å². The summed E-state index contributed by atoms with van der Waals surface area (Å²) in [5.41, 5.74) is 0. The van der Waals surface area contributed by atoms with Crippen molar-refractivity contribution in [3.05, 3.63) is 5.82 Å². The Morgan fingerprint density at radius 1 is 1.53 bits per heavy atom. The first-order chi connectivity index (χ1) is 9.17. The number of aliphatic carboxylic acids is 1. The third-order valence-electron chi connectivity index (χ3n) is 4.22. The van der Waals surface area contributed by atoms with E-state index in [1.54, 1.807) is 7.11 Å². The summed E-state index contributed by atoms with van der Waals surface area (Å²) in [6.07, 6.45) is 2.68. The fourth-order valence-corrected chi connectivity index (χ4v) is 3.89. The van der Waals surface area contributed by atoms with Crippen molar-refractivity contribution in [1.82, 2.24) is 9.36 Å². The van der Waals surface area contributed by atoms with Gasteiger partial charge in [0.15, 0.2) is 5.82 Å². The Kier molecular flexibility index (Phi) is 3.40. The zero-order chi connectivity index (χ0) is 13.4. The third-order valence-corrected chi connectivity index (χ3v) is 4.91. The second kappa shape index (κ2) is 5.05. The minimum absolute atomic E-state index is 0.153. The summed E-state index contributed by atoms with van der Waals surface area (Å²) in [6.45, 7) is 0.427. The molecule has 1 aromatic rings. The molecule has 0 aliphatic heterocycles. The number of aromatic nitrogens is 2. The Balaban J connectivity index is 1.56. The highest BCUT2D eigenvalue weighted by molar-refractivity contribution is 7.09. The van der Waals surface area contributed by atoms with E-state index in [9.17, 15) is 4.79 Å². The number of methoxy groups -OCH3 is 1. The molecule has 2 aliphatic carbocycles. The van der Waals surface area contributed by atoms with Crippen molar-refractivity contribution in [2.75, 3.05) is 12.4 Å². The zero-order valence-corrected chi connectivity index (χ0v) is 11.5. The van der Waals surface area contributed by atoms with Crippen molar-refractivity contribution in [3.8, 4) is 0 Å². The molecule has 0 aromatic carbocycles. The van der Waals surface area contributed by atoms with E-state index in [4.69, 9.17) is 9.84 Å². The van der Waals surface area contributed by atoms with Crippen molar-refractivity contribution in [2.24, 2.45) is 17.8 Å². The molecule has 1 heterocycles. The Morgan fingerprint density at radius 3 is 3.11 bits per heavy atom. The van der Waals surface area contributed by atoms with Crippen LogP contribution in [0.1, 0.15) is 25.1 Å². The molecule has 104 valence electrons. The van der Waals surface area contributed by atoms with E-state index in [1.165, 1.54) is 11.5 Å². The second-order valence-electron chi connectivity index (χ2n) is 5.37. The van der Waals surface area contributed by atoms with Gasteiger partial charge in [-0.2, -0.15) is 4.37 Å². The summed E-state index contributed by atoms with van der Waals surface area (Å²) >= 11 is 1.34. The second-order valence-corrected chi connectivity index (χ2v) is 6.12. The first-order valence-electron chi connectivity index (χ1n) is 6.48. The lowest BCUT2D eigenvalue weighted by Crippen LogP contribution is -2.43. The lowest BCUT2D eigenvalue weighted by atomic mass is 9.72. The van der Waals surface area contributed by atoms with Gasteiger partial charge in [0.2, 0.25) is 5.13 Å². The van der Waals surface area contributed by atoms with E-state index < -0.39 is 5.97 Å². The molecule has 2 aliphatic rings. The van der Waals surface area contributed by atoms with E-state index in [-0.39, 0.29) is 5.92 Å². The number of ether oxygens (including phenoxy) is 1. The highest BCUT2D eigenvalue weighted by atomic mass is 32.1. The summed E-state index contributed by atoms with van der Waals surface area (Å²) in [7, 11) is 1.62. The van der Waals surface area contributed by atoms with Crippen LogP contribution in [-0.2, 0) is 16.1 Å². The van der Waals surface area contributed by atoms with Crippen LogP contribution in [-0.4, -0.2) is 33.6 Å². The molecule has 1 unspecified atom stereocenters. The van der Waals surface area contributed by atoms with Gasteiger partial charge >= 0.3 is 5.97 Å². The number of hydrogen-bond acceptors (Lipinski definition) is 6. The minimum Gasteiger partial charge on any atom is -0.481 e. The molecule has 19 heavy (non-hydrogen) atoms. The van der Waals surface area contributed by atoms with Gasteiger partial charge in [-0.3, -0.25) is 4.79 Å². The van der Waals surface area contributed by atoms with E-state index in [1.807, 2.05) is 0 Å². The standard InChI is InChI=1S/C12H17N3O3S/c1-18-5-10-14-12(19-15-10)13-9-4-6-2-7(11(16)17)3-8(6)9/h6-9H,2-5H2,1H3,(H,16,17)(H,13,14,15)/t6-,7?,8-,9+/m0/s1. The van der Waals surface area contributed by atoms with Crippen molar-refractivity contribution >= 4 is 22.6 Å². The van der Waals surface area contributed by atoms with Crippen LogP contribution in [0.25, 0.3) is 0 Å². The molecule has 0 bridgehead atoms. The van der Waals surface area contributed by atoms with Crippen molar-refractivity contribution in [3.63, 3.8) is 0 Å². The molecule has 0 saturated heterocycles. The lowest BCUT2D eigenvalue weighted by molar-refractivity contribution is -0.141. The van der Waals surface area contributed by atoms with Gasteiger partial charge in [-0.05, 0) is 31.1 Å². The molecule has 7 heteroatoms. The smallest absolute Gasteiger partial charge is 0.306 e. The maximum absolute atomic E-state index is 11.0. The van der Waals surface area contributed by atoms with Gasteiger partial charge < -0.3 is 15.2 Å². The van der Waals surface area contributed by atoms with E-state index in [0.717, 1.165) is 24.4 Å². The quantitative estimate of drug-likeness (QED) is 0.854. The Bertz CT molecular complexity index is 479. The average molecular weight is 283 g/mol. The topological polar surface area (TPSA) is 84.3 Å². The predicted molar refractivity (Wildman–Crippen MR) is 70.0 cm³/mol. The van der Waals surface area contributed by atoms with Gasteiger partial charge in [-0.1, -0.05) is 0 Å². The fourth-order valence-electron chi connectivity index (χ4n) is 3.25. The molecular weight excluding hydrogens is 266 g/mol.